The molecule has 0 radical (unpaired) electrons. The molecule has 4 nitrogen and oxygen atoms in total. The number of nitrogens with two attached hydrogens (primary N) is 1. The molecule has 0 bridgehead atoms. The van der Waals surface area contributed by atoms with Crippen LogP contribution in [-0.2, 0) is 13.3 Å². The molecule has 0 rings (SSSR count). The minimum absolute atomic E-state index is 0.170. The molecule has 0 spiro atoms. The van der Waals surface area contributed by atoms with E-state index in [-0.39, 0.29) is 6.73 Å². The highest BCUT2D eigenvalue weighted by Crippen LogP contribution is 2.18. The zero-order valence-electron chi connectivity index (χ0n) is 10.3. The van der Waals surface area contributed by atoms with Crippen molar-refractivity contribution in [2.24, 2.45) is 5.73 Å². The first-order chi connectivity index (χ1) is 7.24. The van der Waals surface area contributed by atoms with Crippen molar-refractivity contribution in [3.63, 3.8) is 0 Å². The van der Waals surface area contributed by atoms with Crippen LogP contribution in [0.3, 0.4) is 0 Å². The van der Waals surface area contributed by atoms with Crippen molar-refractivity contribution in [3.05, 3.63) is 0 Å². The van der Waals surface area contributed by atoms with Crippen molar-refractivity contribution < 1.29 is 13.3 Å². The number of unbranched alkanes of at least 4 members (excludes halogenated alkanes) is 4. The van der Waals surface area contributed by atoms with Crippen LogP contribution in [0, 0.1) is 0 Å². The van der Waals surface area contributed by atoms with E-state index in [4.69, 9.17) is 19.0 Å². The fourth-order valence-corrected chi connectivity index (χ4v) is 3.44. The predicted octanol–water partition coefficient (Wildman–Crippen LogP) is 2.12. The van der Waals surface area contributed by atoms with Crippen molar-refractivity contribution in [2.45, 2.75) is 45.1 Å². The molecule has 0 aliphatic heterocycles. The summed E-state index contributed by atoms with van der Waals surface area (Å²) in [5.74, 6) is 0. The highest BCUT2D eigenvalue weighted by atomic mass is 28.4. The Morgan fingerprint density at radius 2 is 1.60 bits per heavy atom. The van der Waals surface area contributed by atoms with Crippen LogP contribution in [0.2, 0.25) is 6.04 Å². The molecule has 0 saturated carbocycles. The molecule has 0 heterocycles. The van der Waals surface area contributed by atoms with Gasteiger partial charge in [0.2, 0.25) is 0 Å². The van der Waals surface area contributed by atoms with Gasteiger partial charge in [-0.25, -0.2) is 0 Å². The van der Waals surface area contributed by atoms with Crippen LogP contribution in [0.15, 0.2) is 0 Å². The molecular weight excluding hydrogens is 210 g/mol. The second kappa shape index (κ2) is 9.29. The standard InChI is InChI=1S/C10H25NO3Si/c1-4-5-6-7-8-9-15(12-2,13-3)14-10-11/h4-11H2,1-3H3. The molecule has 0 aliphatic rings. The molecular formula is C10H25NO3Si. The van der Waals surface area contributed by atoms with Gasteiger partial charge in [0.25, 0.3) is 0 Å². The average molecular weight is 235 g/mol. The first-order valence-corrected chi connectivity index (χ1v) is 7.62. The zero-order chi connectivity index (χ0) is 11.6. The lowest BCUT2D eigenvalue weighted by Gasteiger charge is -2.25. The van der Waals surface area contributed by atoms with Crippen LogP contribution in [-0.4, -0.2) is 29.8 Å². The van der Waals surface area contributed by atoms with Crippen LogP contribution >= 0.6 is 0 Å². The average Bonchev–Trinajstić information content (AvgIpc) is 2.27. The summed E-state index contributed by atoms with van der Waals surface area (Å²) >= 11 is 0. The highest BCUT2D eigenvalue weighted by Gasteiger charge is 2.37. The third-order valence-electron chi connectivity index (χ3n) is 2.51. The first-order valence-electron chi connectivity index (χ1n) is 5.69. The second-order valence-electron chi connectivity index (χ2n) is 3.57. The largest absolute Gasteiger partial charge is 0.501 e. The predicted molar refractivity (Wildman–Crippen MR) is 63.5 cm³/mol. The quantitative estimate of drug-likeness (QED) is 0.358. The molecule has 0 unspecified atom stereocenters. The maximum absolute atomic E-state index is 5.41. The summed E-state index contributed by atoms with van der Waals surface area (Å²) in [7, 11) is 0.844. The SMILES string of the molecule is CCCCCCC[Si](OC)(OC)OCN. The minimum atomic E-state index is -2.43. The molecule has 0 saturated heterocycles. The normalized spacial score (nSPS) is 12.0. The van der Waals surface area contributed by atoms with Crippen molar-refractivity contribution in [2.75, 3.05) is 21.0 Å². The fraction of sp³-hybridized carbons (Fsp3) is 1.00. The number of rotatable bonds is 10. The van der Waals surface area contributed by atoms with E-state index in [9.17, 15) is 0 Å². The van der Waals surface area contributed by atoms with Gasteiger partial charge in [0.1, 0.15) is 0 Å². The summed E-state index contributed by atoms with van der Waals surface area (Å²) in [6.07, 6.45) is 6.14. The molecule has 0 aliphatic carbocycles. The van der Waals surface area contributed by atoms with Crippen molar-refractivity contribution in [1.82, 2.24) is 0 Å². The van der Waals surface area contributed by atoms with Crippen LogP contribution in [0.5, 0.6) is 0 Å². The van der Waals surface area contributed by atoms with Gasteiger partial charge >= 0.3 is 8.80 Å². The Balaban J connectivity index is 3.74. The highest BCUT2D eigenvalue weighted by molar-refractivity contribution is 6.60. The smallest absolute Gasteiger partial charge is 0.377 e. The molecule has 5 heteroatoms. The summed E-state index contributed by atoms with van der Waals surface area (Å²) in [5.41, 5.74) is 5.37. The third-order valence-corrected chi connectivity index (χ3v) is 5.33. The van der Waals surface area contributed by atoms with Gasteiger partial charge in [0.05, 0.1) is 6.73 Å². The summed E-state index contributed by atoms with van der Waals surface area (Å²) in [6, 6.07) is 0.862. The van der Waals surface area contributed by atoms with Crippen LogP contribution in [0.1, 0.15) is 39.0 Å². The van der Waals surface area contributed by atoms with Crippen LogP contribution in [0.4, 0.5) is 0 Å². The molecule has 0 aromatic heterocycles. The Morgan fingerprint density at radius 3 is 2.07 bits per heavy atom. The van der Waals surface area contributed by atoms with E-state index in [1.165, 1.54) is 25.7 Å². The van der Waals surface area contributed by atoms with Gasteiger partial charge in [0.15, 0.2) is 0 Å². The molecule has 15 heavy (non-hydrogen) atoms. The zero-order valence-corrected chi connectivity index (χ0v) is 11.3. The van der Waals surface area contributed by atoms with Gasteiger partial charge < -0.3 is 19.0 Å². The maximum Gasteiger partial charge on any atom is 0.501 e. The summed E-state index contributed by atoms with van der Waals surface area (Å²) in [5, 5.41) is 0. The second-order valence-corrected chi connectivity index (χ2v) is 6.54. The van der Waals surface area contributed by atoms with E-state index in [1.807, 2.05) is 0 Å². The Morgan fingerprint density at radius 1 is 1.00 bits per heavy atom. The summed E-state index contributed by atoms with van der Waals surface area (Å²) < 4.78 is 16.1. The molecule has 2 N–H and O–H groups in total. The van der Waals surface area contributed by atoms with E-state index in [0.29, 0.717) is 0 Å². The lowest BCUT2D eigenvalue weighted by atomic mass is 10.2. The van der Waals surface area contributed by atoms with Gasteiger partial charge in [-0.15, -0.1) is 0 Å². The Bertz CT molecular complexity index is 143. The van der Waals surface area contributed by atoms with Crippen molar-refractivity contribution in [3.8, 4) is 0 Å². The first kappa shape index (κ1) is 15.1. The summed E-state index contributed by atoms with van der Waals surface area (Å²) in [6.45, 7) is 2.38. The van der Waals surface area contributed by atoms with E-state index < -0.39 is 8.80 Å². The molecule has 0 aromatic carbocycles. The number of hydrogen-bond donors (Lipinski definition) is 1. The van der Waals surface area contributed by atoms with Gasteiger partial charge in [-0.05, 0) is 6.42 Å². The Kier molecular flexibility index (Phi) is 9.33. The van der Waals surface area contributed by atoms with E-state index in [1.54, 1.807) is 14.2 Å². The lowest BCUT2D eigenvalue weighted by molar-refractivity contribution is 0.100. The monoisotopic (exact) mass is 235 g/mol. The number of hydrogen-bond acceptors (Lipinski definition) is 4. The van der Waals surface area contributed by atoms with Gasteiger partial charge in [0, 0.05) is 20.3 Å². The van der Waals surface area contributed by atoms with Crippen molar-refractivity contribution in [1.29, 1.82) is 0 Å². The van der Waals surface area contributed by atoms with Crippen molar-refractivity contribution >= 4 is 8.80 Å². The van der Waals surface area contributed by atoms with Gasteiger partial charge in [-0.2, -0.15) is 0 Å². The molecule has 0 atom stereocenters. The third kappa shape index (κ3) is 6.27. The topological polar surface area (TPSA) is 53.7 Å². The molecule has 0 fully saturated rings. The minimum Gasteiger partial charge on any atom is -0.377 e. The molecule has 92 valence electrons. The maximum atomic E-state index is 5.41. The van der Waals surface area contributed by atoms with E-state index in [0.717, 1.165) is 12.5 Å². The fourth-order valence-electron chi connectivity index (χ4n) is 1.55. The van der Waals surface area contributed by atoms with Crippen LogP contribution in [0.25, 0.3) is 0 Å². The Labute approximate surface area is 94.5 Å². The molecule has 0 aromatic rings. The lowest BCUT2D eigenvalue weighted by Crippen LogP contribution is -2.45. The van der Waals surface area contributed by atoms with Crippen LogP contribution < -0.4 is 5.73 Å². The molecule has 0 amide bonds. The van der Waals surface area contributed by atoms with Gasteiger partial charge in [-0.3, -0.25) is 0 Å². The van der Waals surface area contributed by atoms with Gasteiger partial charge in [-0.1, -0.05) is 32.6 Å². The van der Waals surface area contributed by atoms with E-state index >= 15 is 0 Å². The Hall–Kier alpha value is 0.0569. The van der Waals surface area contributed by atoms with E-state index in [2.05, 4.69) is 6.92 Å². The summed E-state index contributed by atoms with van der Waals surface area (Å²) in [4.78, 5) is 0.